The number of methoxy groups -OCH3 is 2. The van der Waals surface area contributed by atoms with Crippen molar-refractivity contribution in [2.24, 2.45) is 0 Å². The van der Waals surface area contributed by atoms with E-state index in [1.54, 1.807) is 25.6 Å². The fourth-order valence-corrected chi connectivity index (χ4v) is 3.70. The minimum atomic E-state index is 0.192. The Morgan fingerprint density at radius 2 is 1.83 bits per heavy atom. The van der Waals surface area contributed by atoms with Gasteiger partial charge in [-0.1, -0.05) is 22.0 Å². The summed E-state index contributed by atoms with van der Waals surface area (Å²) in [6.45, 7) is 2.13. The van der Waals surface area contributed by atoms with Crippen LogP contribution in [0.3, 0.4) is 0 Å². The molecule has 1 heterocycles. The molecule has 0 aliphatic carbocycles. The average Bonchev–Trinajstić information content (AvgIpc) is 2.83. The van der Waals surface area contributed by atoms with Crippen molar-refractivity contribution >= 4 is 27.3 Å². The van der Waals surface area contributed by atoms with Crippen molar-refractivity contribution in [3.05, 3.63) is 45.6 Å². The zero-order chi connectivity index (χ0) is 13.1. The van der Waals surface area contributed by atoms with Crippen molar-refractivity contribution in [2.75, 3.05) is 14.2 Å². The van der Waals surface area contributed by atoms with E-state index in [-0.39, 0.29) is 4.83 Å². The van der Waals surface area contributed by atoms with Crippen LogP contribution in [0, 0.1) is 6.92 Å². The van der Waals surface area contributed by atoms with Crippen LogP contribution in [-0.2, 0) is 0 Å². The quantitative estimate of drug-likeness (QED) is 0.767. The summed E-state index contributed by atoms with van der Waals surface area (Å²) < 4.78 is 10.6. The zero-order valence-corrected chi connectivity index (χ0v) is 13.0. The molecule has 0 saturated carbocycles. The number of aryl methyl sites for hydroxylation is 1. The second-order valence-electron chi connectivity index (χ2n) is 3.94. The van der Waals surface area contributed by atoms with Gasteiger partial charge in [-0.2, -0.15) is 0 Å². The lowest BCUT2D eigenvalue weighted by Crippen LogP contribution is -1.95. The first kappa shape index (κ1) is 13.4. The van der Waals surface area contributed by atoms with Crippen molar-refractivity contribution in [3.63, 3.8) is 0 Å². The molecule has 2 rings (SSSR count). The van der Waals surface area contributed by atoms with Gasteiger partial charge in [0.15, 0.2) is 11.5 Å². The third kappa shape index (κ3) is 2.54. The maximum absolute atomic E-state index is 5.33. The van der Waals surface area contributed by atoms with Crippen LogP contribution in [-0.4, -0.2) is 14.2 Å². The monoisotopic (exact) mass is 326 g/mol. The highest BCUT2D eigenvalue weighted by atomic mass is 79.9. The minimum absolute atomic E-state index is 0.192. The summed E-state index contributed by atoms with van der Waals surface area (Å²) in [5.41, 5.74) is 2.47. The van der Waals surface area contributed by atoms with Gasteiger partial charge in [-0.3, -0.25) is 0 Å². The first-order chi connectivity index (χ1) is 8.67. The van der Waals surface area contributed by atoms with Crippen LogP contribution in [0.2, 0.25) is 0 Å². The highest BCUT2D eigenvalue weighted by Gasteiger charge is 2.16. The van der Waals surface area contributed by atoms with Crippen LogP contribution in [0.15, 0.2) is 29.6 Å². The lowest BCUT2D eigenvalue weighted by molar-refractivity contribution is 0.354. The Morgan fingerprint density at radius 3 is 2.39 bits per heavy atom. The molecule has 1 aromatic carbocycles. The van der Waals surface area contributed by atoms with Crippen LogP contribution in [0.4, 0.5) is 0 Å². The fraction of sp³-hybridized carbons (Fsp3) is 0.286. The summed E-state index contributed by atoms with van der Waals surface area (Å²) in [7, 11) is 3.30. The Labute approximate surface area is 120 Å². The SMILES string of the molecule is COc1ccc(C(Br)c2sccc2C)cc1OC. The van der Waals surface area contributed by atoms with Crippen LogP contribution >= 0.6 is 27.3 Å². The molecule has 0 bridgehead atoms. The predicted molar refractivity (Wildman–Crippen MR) is 79.4 cm³/mol. The second kappa shape index (κ2) is 5.76. The molecule has 0 fully saturated rings. The molecule has 0 aliphatic rings. The predicted octanol–water partition coefficient (Wildman–Crippen LogP) is 4.56. The molecule has 4 heteroatoms. The Morgan fingerprint density at radius 1 is 1.11 bits per heavy atom. The Bertz CT molecular complexity index is 536. The lowest BCUT2D eigenvalue weighted by Gasteiger charge is -2.13. The summed E-state index contributed by atoms with van der Waals surface area (Å²) in [4.78, 5) is 1.51. The van der Waals surface area contributed by atoms with Gasteiger partial charge in [0.25, 0.3) is 0 Å². The standard InChI is InChI=1S/C14H15BrO2S/c1-9-6-7-18-14(9)13(15)10-4-5-11(16-2)12(8-10)17-3/h4-8,13H,1-3H3. The molecular weight excluding hydrogens is 312 g/mol. The molecule has 0 aliphatic heterocycles. The summed E-state index contributed by atoms with van der Waals surface area (Å²) >= 11 is 5.50. The molecule has 18 heavy (non-hydrogen) atoms. The van der Waals surface area contributed by atoms with Gasteiger partial charge in [0.2, 0.25) is 0 Å². The van der Waals surface area contributed by atoms with Crippen molar-refractivity contribution in [1.82, 2.24) is 0 Å². The number of halogens is 1. The number of alkyl halides is 1. The van der Waals surface area contributed by atoms with E-state index in [1.807, 2.05) is 12.1 Å². The van der Waals surface area contributed by atoms with E-state index in [9.17, 15) is 0 Å². The topological polar surface area (TPSA) is 18.5 Å². The highest BCUT2D eigenvalue weighted by molar-refractivity contribution is 9.09. The second-order valence-corrected chi connectivity index (χ2v) is 5.81. The molecule has 0 amide bonds. The smallest absolute Gasteiger partial charge is 0.161 e. The van der Waals surface area contributed by atoms with Gasteiger partial charge in [0, 0.05) is 4.88 Å². The molecule has 0 saturated heterocycles. The fourth-order valence-electron chi connectivity index (χ4n) is 1.81. The van der Waals surface area contributed by atoms with Gasteiger partial charge < -0.3 is 9.47 Å². The van der Waals surface area contributed by atoms with Crippen LogP contribution in [0.1, 0.15) is 20.8 Å². The van der Waals surface area contributed by atoms with Crippen LogP contribution < -0.4 is 9.47 Å². The molecule has 1 atom stereocenters. The van der Waals surface area contributed by atoms with E-state index in [0.717, 1.165) is 11.5 Å². The van der Waals surface area contributed by atoms with Crippen molar-refractivity contribution in [1.29, 1.82) is 0 Å². The first-order valence-corrected chi connectivity index (χ1v) is 7.37. The zero-order valence-electron chi connectivity index (χ0n) is 10.6. The number of hydrogen-bond acceptors (Lipinski definition) is 3. The summed E-state index contributed by atoms with van der Waals surface area (Å²) in [5, 5.41) is 2.11. The van der Waals surface area contributed by atoms with E-state index < -0.39 is 0 Å². The van der Waals surface area contributed by atoms with Crippen molar-refractivity contribution in [2.45, 2.75) is 11.8 Å². The molecule has 0 spiro atoms. The van der Waals surface area contributed by atoms with E-state index in [0.29, 0.717) is 0 Å². The maximum Gasteiger partial charge on any atom is 0.161 e. The molecule has 2 nitrogen and oxygen atoms in total. The molecular formula is C14H15BrO2S. The Balaban J connectivity index is 2.37. The molecule has 1 aromatic heterocycles. The van der Waals surface area contributed by atoms with E-state index in [1.165, 1.54) is 16.0 Å². The van der Waals surface area contributed by atoms with Gasteiger partial charge >= 0.3 is 0 Å². The third-order valence-electron chi connectivity index (χ3n) is 2.83. The summed E-state index contributed by atoms with van der Waals surface area (Å²) in [5.74, 6) is 1.51. The Hall–Kier alpha value is -1.00. The van der Waals surface area contributed by atoms with Crippen molar-refractivity contribution in [3.8, 4) is 11.5 Å². The summed E-state index contributed by atoms with van der Waals surface area (Å²) in [6.07, 6.45) is 0. The van der Waals surface area contributed by atoms with Crippen LogP contribution in [0.5, 0.6) is 11.5 Å². The van der Waals surface area contributed by atoms with Gasteiger partial charge in [0.1, 0.15) is 0 Å². The molecule has 2 aromatic rings. The van der Waals surface area contributed by atoms with E-state index in [2.05, 4.69) is 40.4 Å². The number of ether oxygens (including phenoxy) is 2. The van der Waals surface area contributed by atoms with Gasteiger partial charge in [0.05, 0.1) is 19.0 Å². The first-order valence-electron chi connectivity index (χ1n) is 5.57. The maximum atomic E-state index is 5.33. The average molecular weight is 327 g/mol. The van der Waals surface area contributed by atoms with Crippen LogP contribution in [0.25, 0.3) is 0 Å². The molecule has 0 N–H and O–H groups in total. The third-order valence-corrected chi connectivity index (χ3v) is 5.21. The van der Waals surface area contributed by atoms with Gasteiger partial charge in [-0.15, -0.1) is 11.3 Å². The lowest BCUT2D eigenvalue weighted by atomic mass is 10.1. The largest absolute Gasteiger partial charge is 0.493 e. The Kier molecular flexibility index (Phi) is 4.30. The van der Waals surface area contributed by atoms with Gasteiger partial charge in [-0.25, -0.2) is 0 Å². The van der Waals surface area contributed by atoms with E-state index in [4.69, 9.17) is 9.47 Å². The summed E-state index contributed by atoms with van der Waals surface area (Å²) in [6, 6.07) is 8.14. The molecule has 96 valence electrons. The highest BCUT2D eigenvalue weighted by Crippen LogP contribution is 2.39. The minimum Gasteiger partial charge on any atom is -0.493 e. The normalized spacial score (nSPS) is 12.2. The number of rotatable bonds is 4. The number of thiophene rings is 1. The number of hydrogen-bond donors (Lipinski definition) is 0. The van der Waals surface area contributed by atoms with Gasteiger partial charge in [-0.05, 0) is 41.6 Å². The molecule has 0 radical (unpaired) electrons. The van der Waals surface area contributed by atoms with E-state index >= 15 is 0 Å². The van der Waals surface area contributed by atoms with Crippen molar-refractivity contribution < 1.29 is 9.47 Å². The molecule has 1 unspecified atom stereocenters. The number of benzene rings is 1.